The Balaban J connectivity index is 0.00000136. The molecule has 1 atom stereocenters. The fourth-order valence-electron chi connectivity index (χ4n) is 4.09. The van der Waals surface area contributed by atoms with Crippen LogP contribution in [0.4, 0.5) is 5.82 Å². The molecule has 31 heavy (non-hydrogen) atoms. The molecule has 1 unspecified atom stereocenters. The van der Waals surface area contributed by atoms with Gasteiger partial charge in [-0.1, -0.05) is 6.07 Å². The van der Waals surface area contributed by atoms with Gasteiger partial charge in [0.1, 0.15) is 5.82 Å². The second-order valence-electron chi connectivity index (χ2n) is 7.78. The van der Waals surface area contributed by atoms with Gasteiger partial charge in [-0.25, -0.2) is 4.98 Å². The molecule has 1 amide bonds. The first-order chi connectivity index (χ1) is 14.2. The van der Waals surface area contributed by atoms with E-state index in [-0.39, 0.29) is 82.2 Å². The number of nitrogens with one attached hydrogen (secondary N) is 2. The number of carbonyl (C=O) groups excluding carboxylic acids is 1. The predicted molar refractivity (Wildman–Crippen MR) is 121 cm³/mol. The Morgan fingerprint density at radius 3 is 2.87 bits per heavy atom. The Morgan fingerprint density at radius 1 is 1.19 bits per heavy atom. The van der Waals surface area contributed by atoms with E-state index >= 15 is 0 Å². The van der Waals surface area contributed by atoms with Crippen LogP contribution in [-0.4, -0.2) is 38.3 Å². The molecule has 154 valence electrons. The Hall–Kier alpha value is -1.20. The van der Waals surface area contributed by atoms with Crippen molar-refractivity contribution in [2.45, 2.75) is 32.4 Å². The molecule has 4 heterocycles. The maximum atomic E-state index is 12.7. The minimum absolute atomic E-state index is 0. The normalized spacial score (nSPS) is 16.1. The molecule has 1 aliphatic heterocycles. The van der Waals surface area contributed by atoms with Crippen molar-refractivity contribution in [1.82, 2.24) is 19.9 Å². The van der Waals surface area contributed by atoms with Gasteiger partial charge in [-0.15, -0.1) is 0 Å². The van der Waals surface area contributed by atoms with Gasteiger partial charge in [0.25, 0.3) is 5.91 Å². The zero-order chi connectivity index (χ0) is 19.8. The van der Waals surface area contributed by atoms with Crippen LogP contribution in [0.2, 0.25) is 0 Å². The summed E-state index contributed by atoms with van der Waals surface area (Å²) in [5, 5.41) is 4.90. The molecule has 0 bridgehead atoms. The summed E-state index contributed by atoms with van der Waals surface area (Å²) in [6, 6.07) is 14.0. The van der Waals surface area contributed by atoms with Crippen LogP contribution in [0.25, 0.3) is 21.8 Å². The van der Waals surface area contributed by atoms with Crippen molar-refractivity contribution >= 4 is 33.5 Å². The standard InChI is InChI=1S/C23H23N5O.CH3.Cs/c1-15-4-3-9-28(15)14-19-11-18-13-25-22(12-21(18)26-19)27-23(29)17-6-7-20-16(10-17)5-2-8-24-20;;/h2,5-8,10-13,15,26H,3-4,9,14H2,1H3,(H,25,27,29);1H3;/q;-1;+1. The first-order valence-electron chi connectivity index (χ1n) is 10.0. The number of fused-ring (bicyclic) bond motifs is 2. The van der Waals surface area contributed by atoms with Crippen LogP contribution in [0.3, 0.4) is 0 Å². The quantitative estimate of drug-likeness (QED) is 0.393. The monoisotopic (exact) mass is 533 g/mol. The van der Waals surface area contributed by atoms with Crippen LogP contribution in [-0.2, 0) is 6.54 Å². The van der Waals surface area contributed by atoms with Gasteiger partial charge in [-0.2, -0.15) is 0 Å². The van der Waals surface area contributed by atoms with Crippen LogP contribution in [0.5, 0.6) is 0 Å². The topological polar surface area (TPSA) is 73.9 Å². The number of hydrogen-bond donors (Lipinski definition) is 2. The molecule has 3 aromatic heterocycles. The molecule has 4 aromatic rings. The number of H-pyrrole nitrogens is 1. The summed E-state index contributed by atoms with van der Waals surface area (Å²) >= 11 is 0. The second kappa shape index (κ2) is 10.6. The van der Waals surface area contributed by atoms with E-state index in [2.05, 4.69) is 38.2 Å². The van der Waals surface area contributed by atoms with Gasteiger partial charge in [0.15, 0.2) is 0 Å². The SMILES string of the molecule is CC1CCCN1Cc1cc2cnc(NC(=O)c3ccc4ncccc4c3)cc2[nH]1.[CH3-].[Cs+]. The number of anilines is 1. The summed E-state index contributed by atoms with van der Waals surface area (Å²) in [4.78, 5) is 27.4. The zero-order valence-corrected chi connectivity index (χ0v) is 24.6. The third-order valence-corrected chi connectivity index (χ3v) is 5.73. The summed E-state index contributed by atoms with van der Waals surface area (Å²) in [6.45, 7) is 4.35. The van der Waals surface area contributed by atoms with Crippen molar-refractivity contribution in [3.05, 3.63) is 73.5 Å². The molecule has 1 fully saturated rings. The molecule has 1 aromatic carbocycles. The van der Waals surface area contributed by atoms with Gasteiger partial charge < -0.3 is 17.7 Å². The molecule has 0 aliphatic carbocycles. The molecule has 0 radical (unpaired) electrons. The largest absolute Gasteiger partial charge is 1.00 e. The molecule has 2 N–H and O–H groups in total. The molecule has 6 nitrogen and oxygen atoms in total. The molecule has 1 aliphatic rings. The van der Waals surface area contributed by atoms with E-state index in [1.54, 1.807) is 12.3 Å². The average Bonchev–Trinajstić information content (AvgIpc) is 3.33. The van der Waals surface area contributed by atoms with Crippen molar-refractivity contribution < 1.29 is 73.7 Å². The van der Waals surface area contributed by atoms with Gasteiger partial charge in [-0.3, -0.25) is 14.7 Å². The van der Waals surface area contributed by atoms with E-state index in [1.165, 1.54) is 18.5 Å². The van der Waals surface area contributed by atoms with Gasteiger partial charge in [0.2, 0.25) is 0 Å². The Labute approximate surface area is 241 Å². The molecule has 0 spiro atoms. The van der Waals surface area contributed by atoms with Gasteiger partial charge in [0, 0.05) is 53.1 Å². The summed E-state index contributed by atoms with van der Waals surface area (Å²) in [5.41, 5.74) is 3.62. The van der Waals surface area contributed by atoms with Crippen LogP contribution in [0.15, 0.2) is 54.9 Å². The fraction of sp³-hybridized carbons (Fsp3) is 0.250. The van der Waals surface area contributed by atoms with Crippen molar-refractivity contribution in [1.29, 1.82) is 0 Å². The second-order valence-corrected chi connectivity index (χ2v) is 7.78. The summed E-state index contributed by atoms with van der Waals surface area (Å²) in [6.07, 6.45) is 6.09. The third kappa shape index (κ3) is 5.42. The van der Waals surface area contributed by atoms with Crippen LogP contribution in [0.1, 0.15) is 35.8 Å². The first-order valence-corrected chi connectivity index (χ1v) is 10.0. The Bertz CT molecular complexity index is 1210. The number of pyridine rings is 2. The van der Waals surface area contributed by atoms with Crippen molar-refractivity contribution in [2.75, 3.05) is 11.9 Å². The molecule has 5 rings (SSSR count). The van der Waals surface area contributed by atoms with E-state index in [0.717, 1.165) is 34.9 Å². The van der Waals surface area contributed by atoms with E-state index in [0.29, 0.717) is 17.4 Å². The number of carbonyl (C=O) groups is 1. The summed E-state index contributed by atoms with van der Waals surface area (Å²) in [7, 11) is 0. The average molecular weight is 533 g/mol. The van der Waals surface area contributed by atoms with E-state index in [4.69, 9.17) is 0 Å². The summed E-state index contributed by atoms with van der Waals surface area (Å²) < 4.78 is 0. The van der Waals surface area contributed by atoms with E-state index < -0.39 is 0 Å². The van der Waals surface area contributed by atoms with E-state index in [1.807, 2.05) is 36.5 Å². The number of rotatable bonds is 4. The molecular weight excluding hydrogens is 507 g/mol. The Morgan fingerprint density at radius 2 is 2.06 bits per heavy atom. The number of aromatic amines is 1. The fourth-order valence-corrected chi connectivity index (χ4v) is 4.09. The van der Waals surface area contributed by atoms with Gasteiger partial charge >= 0.3 is 68.9 Å². The van der Waals surface area contributed by atoms with Crippen molar-refractivity contribution in [3.8, 4) is 0 Å². The minimum atomic E-state index is -0.180. The number of likely N-dealkylation sites (tertiary alicyclic amines) is 1. The molecule has 7 heteroatoms. The zero-order valence-electron chi connectivity index (χ0n) is 18.4. The van der Waals surface area contributed by atoms with Crippen LogP contribution < -0.4 is 74.2 Å². The van der Waals surface area contributed by atoms with Gasteiger partial charge in [0.05, 0.1) is 11.0 Å². The molecule has 1 saturated heterocycles. The number of hydrogen-bond acceptors (Lipinski definition) is 4. The van der Waals surface area contributed by atoms with Crippen LogP contribution in [0, 0.1) is 7.43 Å². The van der Waals surface area contributed by atoms with Crippen molar-refractivity contribution in [3.63, 3.8) is 0 Å². The number of aromatic nitrogens is 3. The summed E-state index contributed by atoms with van der Waals surface area (Å²) in [5.74, 6) is 0.358. The maximum Gasteiger partial charge on any atom is 1.00 e. The maximum absolute atomic E-state index is 12.7. The van der Waals surface area contributed by atoms with E-state index in [9.17, 15) is 4.79 Å². The number of amides is 1. The van der Waals surface area contributed by atoms with Gasteiger partial charge in [-0.05, 0) is 56.6 Å². The molecular formula is C24H26CsN5O. The predicted octanol–water partition coefficient (Wildman–Crippen LogP) is 1.80. The first kappa shape index (κ1) is 24.4. The van der Waals surface area contributed by atoms with Crippen molar-refractivity contribution in [2.24, 2.45) is 0 Å². The Kier molecular flexibility index (Phi) is 8.37. The smallest absolute Gasteiger partial charge is 0.358 e. The van der Waals surface area contributed by atoms with Crippen LogP contribution >= 0.6 is 0 Å². The minimum Gasteiger partial charge on any atom is -0.358 e. The number of benzene rings is 1. The number of nitrogens with zero attached hydrogens (tertiary/aromatic N) is 3. The third-order valence-electron chi connectivity index (χ3n) is 5.73. The molecule has 0 saturated carbocycles.